The lowest BCUT2D eigenvalue weighted by Crippen LogP contribution is -2.19. The fourth-order valence-electron chi connectivity index (χ4n) is 1.44. The highest BCUT2D eigenvalue weighted by molar-refractivity contribution is 6.17. The van der Waals surface area contributed by atoms with Gasteiger partial charge >= 0.3 is 6.18 Å². The van der Waals surface area contributed by atoms with Crippen LogP contribution >= 0.6 is 11.6 Å². The minimum atomic E-state index is -4.85. The Hall–Kier alpha value is -0.850. The molecule has 102 valence electrons. The monoisotopic (exact) mass is 286 g/mol. The van der Waals surface area contributed by atoms with E-state index in [1.807, 2.05) is 0 Å². The number of benzene rings is 1. The zero-order valence-corrected chi connectivity index (χ0v) is 9.84. The van der Waals surface area contributed by atoms with E-state index in [1.165, 1.54) is 0 Å². The van der Waals surface area contributed by atoms with E-state index >= 15 is 0 Å². The number of hydrogen-bond acceptors (Lipinski definition) is 2. The van der Waals surface area contributed by atoms with Gasteiger partial charge in [0, 0.05) is 5.88 Å². The minimum Gasteiger partial charge on any atom is -0.390 e. The Morgan fingerprint density at radius 1 is 1.22 bits per heavy atom. The Morgan fingerprint density at radius 3 is 2.33 bits per heavy atom. The first kappa shape index (κ1) is 15.2. The van der Waals surface area contributed by atoms with Crippen LogP contribution < -0.4 is 0 Å². The van der Waals surface area contributed by atoms with Crippen molar-refractivity contribution in [2.24, 2.45) is 0 Å². The van der Waals surface area contributed by atoms with Crippen LogP contribution in [-0.4, -0.2) is 22.2 Å². The van der Waals surface area contributed by atoms with Crippen LogP contribution in [0.2, 0.25) is 0 Å². The molecule has 7 heteroatoms. The zero-order valence-electron chi connectivity index (χ0n) is 9.09. The molecule has 2 N–H and O–H groups in total. The van der Waals surface area contributed by atoms with Crippen molar-refractivity contribution < 1.29 is 27.8 Å². The average Bonchev–Trinajstić information content (AvgIpc) is 2.27. The maximum atomic E-state index is 13.0. The van der Waals surface area contributed by atoms with E-state index in [1.54, 1.807) is 0 Å². The first-order valence-corrected chi connectivity index (χ1v) is 5.59. The van der Waals surface area contributed by atoms with Gasteiger partial charge in [-0.1, -0.05) is 6.07 Å². The van der Waals surface area contributed by atoms with Crippen LogP contribution in [0.4, 0.5) is 17.6 Å². The number of aliphatic hydroxyl groups is 2. The summed E-state index contributed by atoms with van der Waals surface area (Å²) in [7, 11) is 0. The quantitative estimate of drug-likeness (QED) is 0.660. The van der Waals surface area contributed by atoms with Crippen LogP contribution in [0.1, 0.15) is 23.7 Å². The molecule has 1 aromatic carbocycles. The maximum Gasteiger partial charge on any atom is 0.419 e. The summed E-state index contributed by atoms with van der Waals surface area (Å²) in [6.07, 6.45) is -7.67. The van der Waals surface area contributed by atoms with Gasteiger partial charge in [-0.3, -0.25) is 0 Å². The fourth-order valence-corrected chi connectivity index (χ4v) is 1.66. The summed E-state index contributed by atoms with van der Waals surface area (Å²) in [5, 5.41) is 19.0. The van der Waals surface area contributed by atoms with Crippen molar-refractivity contribution in [3.8, 4) is 0 Å². The van der Waals surface area contributed by atoms with Crippen molar-refractivity contribution in [3.63, 3.8) is 0 Å². The van der Waals surface area contributed by atoms with Gasteiger partial charge in [-0.25, -0.2) is 4.39 Å². The van der Waals surface area contributed by atoms with Gasteiger partial charge in [0.25, 0.3) is 0 Å². The summed E-state index contributed by atoms with van der Waals surface area (Å²) in [6, 6.07) is 2.08. The Balaban J connectivity index is 3.05. The van der Waals surface area contributed by atoms with Gasteiger partial charge in [0.1, 0.15) is 11.9 Å². The van der Waals surface area contributed by atoms with E-state index in [2.05, 4.69) is 0 Å². The van der Waals surface area contributed by atoms with Gasteiger partial charge in [0.2, 0.25) is 0 Å². The third-order valence-electron chi connectivity index (χ3n) is 2.41. The van der Waals surface area contributed by atoms with Crippen molar-refractivity contribution in [3.05, 3.63) is 35.1 Å². The molecule has 2 atom stereocenters. The molecule has 0 aliphatic rings. The smallest absolute Gasteiger partial charge is 0.390 e. The molecule has 2 nitrogen and oxygen atoms in total. The molecule has 1 rings (SSSR count). The number of aliphatic hydroxyl groups excluding tert-OH is 2. The van der Waals surface area contributed by atoms with Crippen molar-refractivity contribution in [2.75, 3.05) is 5.88 Å². The zero-order chi connectivity index (χ0) is 13.9. The SMILES string of the molecule is OC(CCCl)C(O)c1ccc(F)c(C(F)(F)F)c1. The lowest BCUT2D eigenvalue weighted by molar-refractivity contribution is -0.140. The third-order valence-corrected chi connectivity index (χ3v) is 2.62. The number of rotatable bonds is 4. The van der Waals surface area contributed by atoms with Crippen molar-refractivity contribution >= 4 is 11.6 Å². The maximum absolute atomic E-state index is 13.0. The Morgan fingerprint density at radius 2 is 1.83 bits per heavy atom. The number of hydrogen-bond donors (Lipinski definition) is 2. The molecule has 18 heavy (non-hydrogen) atoms. The summed E-state index contributed by atoms with van der Waals surface area (Å²) < 4.78 is 50.3. The molecule has 0 amide bonds. The fraction of sp³-hybridized carbons (Fsp3) is 0.455. The van der Waals surface area contributed by atoms with Crippen molar-refractivity contribution in [1.82, 2.24) is 0 Å². The Kier molecular flexibility index (Phi) is 4.95. The van der Waals surface area contributed by atoms with Gasteiger partial charge in [-0.2, -0.15) is 13.2 Å². The molecule has 0 aliphatic carbocycles. The van der Waals surface area contributed by atoms with E-state index in [0.717, 1.165) is 6.07 Å². The standard InChI is InChI=1S/C11H11ClF4O2/c12-4-3-9(17)10(18)6-1-2-8(13)7(5-6)11(14,15)16/h1-2,5,9-10,17-18H,3-4H2. The van der Waals surface area contributed by atoms with E-state index < -0.39 is 29.8 Å². The van der Waals surface area contributed by atoms with E-state index in [-0.39, 0.29) is 17.9 Å². The van der Waals surface area contributed by atoms with Gasteiger partial charge in [0.05, 0.1) is 11.7 Å². The highest BCUT2D eigenvalue weighted by Gasteiger charge is 2.35. The lowest BCUT2D eigenvalue weighted by Gasteiger charge is -2.18. The number of alkyl halides is 4. The lowest BCUT2D eigenvalue weighted by atomic mass is 10.00. The van der Waals surface area contributed by atoms with Gasteiger partial charge in [0.15, 0.2) is 0 Å². The molecule has 1 aromatic rings. The predicted molar refractivity (Wildman–Crippen MR) is 57.7 cm³/mol. The average molecular weight is 287 g/mol. The molecule has 0 bridgehead atoms. The van der Waals surface area contributed by atoms with Crippen LogP contribution in [0.3, 0.4) is 0 Å². The number of halogens is 5. The van der Waals surface area contributed by atoms with Gasteiger partial charge in [-0.05, 0) is 24.1 Å². The van der Waals surface area contributed by atoms with E-state index in [9.17, 15) is 27.8 Å². The molecule has 0 saturated heterocycles. The third kappa shape index (κ3) is 3.57. The normalized spacial score (nSPS) is 15.5. The highest BCUT2D eigenvalue weighted by Crippen LogP contribution is 2.33. The van der Waals surface area contributed by atoms with Gasteiger partial charge < -0.3 is 10.2 Å². The molecular formula is C11H11ClF4O2. The van der Waals surface area contributed by atoms with E-state index in [4.69, 9.17) is 11.6 Å². The largest absolute Gasteiger partial charge is 0.419 e. The molecule has 0 heterocycles. The molecule has 2 unspecified atom stereocenters. The summed E-state index contributed by atoms with van der Waals surface area (Å²) in [6.45, 7) is 0. The summed E-state index contributed by atoms with van der Waals surface area (Å²) in [5.74, 6) is -1.38. The first-order valence-electron chi connectivity index (χ1n) is 5.06. The van der Waals surface area contributed by atoms with Crippen molar-refractivity contribution in [2.45, 2.75) is 24.8 Å². The van der Waals surface area contributed by atoms with Crippen LogP contribution in [-0.2, 0) is 6.18 Å². The Bertz CT molecular complexity index is 409. The predicted octanol–water partition coefficient (Wildman–Crippen LogP) is 2.87. The van der Waals surface area contributed by atoms with Crippen LogP contribution in [0.15, 0.2) is 18.2 Å². The molecular weight excluding hydrogens is 276 g/mol. The topological polar surface area (TPSA) is 40.5 Å². The second kappa shape index (κ2) is 5.86. The van der Waals surface area contributed by atoms with Crippen LogP contribution in [0.25, 0.3) is 0 Å². The molecule has 0 saturated carbocycles. The van der Waals surface area contributed by atoms with Crippen molar-refractivity contribution in [1.29, 1.82) is 0 Å². The summed E-state index contributed by atoms with van der Waals surface area (Å²) in [4.78, 5) is 0. The Labute approximate surface area is 106 Å². The van der Waals surface area contributed by atoms with E-state index in [0.29, 0.717) is 12.1 Å². The summed E-state index contributed by atoms with van der Waals surface area (Å²) in [5.41, 5.74) is -1.68. The molecule has 0 spiro atoms. The van der Waals surface area contributed by atoms with Crippen LogP contribution in [0, 0.1) is 5.82 Å². The van der Waals surface area contributed by atoms with Crippen LogP contribution in [0.5, 0.6) is 0 Å². The molecule has 0 aliphatic heterocycles. The first-order chi connectivity index (χ1) is 8.27. The second-order valence-corrected chi connectivity index (χ2v) is 4.10. The minimum absolute atomic E-state index is 0.0153. The summed E-state index contributed by atoms with van der Waals surface area (Å²) >= 11 is 5.35. The molecule has 0 fully saturated rings. The highest BCUT2D eigenvalue weighted by atomic mass is 35.5. The van der Waals surface area contributed by atoms with Gasteiger partial charge in [-0.15, -0.1) is 11.6 Å². The molecule has 0 radical (unpaired) electrons. The molecule has 0 aromatic heterocycles. The second-order valence-electron chi connectivity index (χ2n) is 3.73.